The van der Waals surface area contributed by atoms with Crippen LogP contribution in [0, 0.1) is 0 Å². The number of amides is 2. The van der Waals surface area contributed by atoms with Crippen LogP contribution < -0.4 is 10.1 Å². The Balaban J connectivity index is 1.51. The fourth-order valence-electron chi connectivity index (χ4n) is 3.54. The molecule has 1 saturated carbocycles. The quantitative estimate of drug-likeness (QED) is 0.907. The molecule has 6 heteroatoms. The van der Waals surface area contributed by atoms with E-state index in [9.17, 15) is 13.6 Å². The van der Waals surface area contributed by atoms with Gasteiger partial charge < -0.3 is 15.0 Å². The minimum absolute atomic E-state index is 0.00527. The monoisotopic (exact) mass is 338 g/mol. The van der Waals surface area contributed by atoms with Gasteiger partial charge in [0.25, 0.3) is 0 Å². The maximum Gasteiger partial charge on any atom is 0.317 e. The Bertz CT molecular complexity index is 553. The summed E-state index contributed by atoms with van der Waals surface area (Å²) in [4.78, 5) is 14.2. The Kier molecular flexibility index (Phi) is 5.21. The van der Waals surface area contributed by atoms with E-state index < -0.39 is 12.0 Å². The molecule has 0 spiro atoms. The fourth-order valence-corrected chi connectivity index (χ4v) is 3.54. The van der Waals surface area contributed by atoms with Crippen LogP contribution in [0.1, 0.15) is 38.5 Å². The van der Waals surface area contributed by atoms with E-state index in [0.29, 0.717) is 26.0 Å². The summed E-state index contributed by atoms with van der Waals surface area (Å²) in [5.74, 6) is -1.88. The minimum Gasteiger partial charge on any atom is -0.491 e. The summed E-state index contributed by atoms with van der Waals surface area (Å²) in [6.07, 6.45) is 2.55. The minimum atomic E-state index is -2.66. The van der Waals surface area contributed by atoms with E-state index in [0.717, 1.165) is 18.6 Å². The maximum atomic E-state index is 13.5. The molecular formula is C18H24F2N2O2. The Morgan fingerprint density at radius 1 is 1.25 bits per heavy atom. The van der Waals surface area contributed by atoms with Gasteiger partial charge in [0.1, 0.15) is 12.4 Å². The summed E-state index contributed by atoms with van der Waals surface area (Å²) < 4.78 is 32.7. The number of urea groups is 1. The number of nitrogens with one attached hydrogen (secondary N) is 1. The Hall–Kier alpha value is -1.85. The van der Waals surface area contributed by atoms with Crippen LogP contribution in [0.15, 0.2) is 30.3 Å². The van der Waals surface area contributed by atoms with Crippen molar-refractivity contribution < 1.29 is 18.3 Å². The highest BCUT2D eigenvalue weighted by Crippen LogP contribution is 2.33. The largest absolute Gasteiger partial charge is 0.491 e. The number of para-hydroxylation sites is 1. The van der Waals surface area contributed by atoms with Crippen molar-refractivity contribution in [3.05, 3.63) is 30.3 Å². The predicted octanol–water partition coefficient (Wildman–Crippen LogP) is 3.82. The number of rotatable bonds is 4. The molecule has 0 bridgehead atoms. The zero-order chi connectivity index (χ0) is 17.0. The highest BCUT2D eigenvalue weighted by Gasteiger charge is 2.38. The second-order valence-electron chi connectivity index (χ2n) is 6.71. The van der Waals surface area contributed by atoms with Crippen LogP contribution in [0.2, 0.25) is 0 Å². The van der Waals surface area contributed by atoms with Crippen molar-refractivity contribution in [1.29, 1.82) is 0 Å². The lowest BCUT2D eigenvalue weighted by Gasteiger charge is -2.32. The van der Waals surface area contributed by atoms with Crippen LogP contribution in [0.25, 0.3) is 0 Å². The first-order valence-electron chi connectivity index (χ1n) is 8.66. The lowest BCUT2D eigenvalue weighted by Crippen LogP contribution is -2.50. The third kappa shape index (κ3) is 4.36. The molecule has 1 aliphatic heterocycles. The van der Waals surface area contributed by atoms with E-state index in [1.54, 1.807) is 4.90 Å². The van der Waals surface area contributed by atoms with Gasteiger partial charge in [-0.3, -0.25) is 0 Å². The Morgan fingerprint density at radius 2 is 2.04 bits per heavy atom. The van der Waals surface area contributed by atoms with Gasteiger partial charge in [0.15, 0.2) is 0 Å². The van der Waals surface area contributed by atoms with Crippen molar-refractivity contribution in [1.82, 2.24) is 10.2 Å². The van der Waals surface area contributed by atoms with E-state index >= 15 is 0 Å². The van der Waals surface area contributed by atoms with Crippen molar-refractivity contribution in [3.8, 4) is 5.75 Å². The van der Waals surface area contributed by atoms with Gasteiger partial charge in [0.2, 0.25) is 5.92 Å². The van der Waals surface area contributed by atoms with Crippen LogP contribution in [-0.2, 0) is 0 Å². The molecule has 1 heterocycles. The van der Waals surface area contributed by atoms with Gasteiger partial charge >= 0.3 is 6.03 Å². The number of halogens is 2. The van der Waals surface area contributed by atoms with E-state index in [1.807, 2.05) is 30.3 Å². The summed E-state index contributed by atoms with van der Waals surface area (Å²) in [6, 6.07) is 8.80. The molecule has 0 aromatic heterocycles. The fraction of sp³-hybridized carbons (Fsp3) is 0.611. The van der Waals surface area contributed by atoms with Crippen molar-refractivity contribution in [3.63, 3.8) is 0 Å². The van der Waals surface area contributed by atoms with Gasteiger partial charge in [0.05, 0.1) is 6.04 Å². The Labute approximate surface area is 141 Å². The number of hydrogen-bond acceptors (Lipinski definition) is 2. The van der Waals surface area contributed by atoms with Crippen molar-refractivity contribution in [2.75, 3.05) is 13.2 Å². The highest BCUT2D eigenvalue weighted by atomic mass is 19.3. The molecule has 24 heavy (non-hydrogen) atoms. The number of alkyl halides is 2. The number of likely N-dealkylation sites (tertiary alicyclic amines) is 1. The summed E-state index contributed by atoms with van der Waals surface area (Å²) in [5, 5.41) is 2.80. The molecule has 1 N–H and O–H groups in total. The van der Waals surface area contributed by atoms with E-state index in [2.05, 4.69) is 5.32 Å². The first-order chi connectivity index (χ1) is 11.5. The number of benzene rings is 1. The zero-order valence-corrected chi connectivity index (χ0v) is 13.7. The van der Waals surface area contributed by atoms with E-state index in [-0.39, 0.29) is 24.9 Å². The first kappa shape index (κ1) is 17.0. The maximum absolute atomic E-state index is 13.5. The van der Waals surface area contributed by atoms with Gasteiger partial charge in [-0.05, 0) is 37.8 Å². The molecule has 2 atom stereocenters. The first-order valence-corrected chi connectivity index (χ1v) is 8.66. The molecule has 2 fully saturated rings. The second-order valence-corrected chi connectivity index (χ2v) is 6.71. The number of hydrogen-bond donors (Lipinski definition) is 1. The standard InChI is InChI=1S/C18H24F2N2O2/c19-18(20)10-4-6-14(12-18)21-17(23)22-11-5-7-15(22)13-24-16-8-2-1-3-9-16/h1-3,8-9,14-15H,4-7,10-13H2,(H,21,23)/t14?,15-/m0/s1. The second kappa shape index (κ2) is 7.36. The molecule has 1 aromatic rings. The number of ether oxygens (including phenoxy) is 1. The van der Waals surface area contributed by atoms with Crippen LogP contribution in [-0.4, -0.2) is 42.1 Å². The van der Waals surface area contributed by atoms with Gasteiger partial charge in [-0.15, -0.1) is 0 Å². The van der Waals surface area contributed by atoms with Crippen LogP contribution in [0.4, 0.5) is 13.6 Å². The van der Waals surface area contributed by atoms with Crippen LogP contribution in [0.3, 0.4) is 0 Å². The summed E-state index contributed by atoms with van der Waals surface area (Å²) in [6.45, 7) is 1.08. The lowest BCUT2D eigenvalue weighted by atomic mass is 9.92. The zero-order valence-electron chi connectivity index (χ0n) is 13.7. The molecule has 4 nitrogen and oxygen atoms in total. The average molecular weight is 338 g/mol. The number of carbonyl (C=O) groups is 1. The van der Waals surface area contributed by atoms with Crippen molar-refractivity contribution in [2.45, 2.75) is 56.5 Å². The summed E-state index contributed by atoms with van der Waals surface area (Å²) in [7, 11) is 0. The molecule has 1 saturated heterocycles. The Morgan fingerprint density at radius 3 is 2.79 bits per heavy atom. The smallest absolute Gasteiger partial charge is 0.317 e. The third-order valence-corrected chi connectivity index (χ3v) is 4.79. The van der Waals surface area contributed by atoms with Gasteiger partial charge in [-0.25, -0.2) is 13.6 Å². The number of carbonyl (C=O) groups excluding carboxylic acids is 1. The number of nitrogens with zero attached hydrogens (tertiary/aromatic N) is 1. The predicted molar refractivity (Wildman–Crippen MR) is 87.4 cm³/mol. The van der Waals surface area contributed by atoms with E-state index in [4.69, 9.17) is 4.74 Å². The topological polar surface area (TPSA) is 41.6 Å². The van der Waals surface area contributed by atoms with E-state index in [1.165, 1.54) is 0 Å². The normalized spacial score (nSPS) is 26.2. The molecule has 1 unspecified atom stereocenters. The molecule has 132 valence electrons. The van der Waals surface area contributed by atoms with Gasteiger partial charge in [-0.2, -0.15) is 0 Å². The van der Waals surface area contributed by atoms with Crippen LogP contribution in [0.5, 0.6) is 5.75 Å². The van der Waals surface area contributed by atoms with Gasteiger partial charge in [0, 0.05) is 25.4 Å². The summed E-state index contributed by atoms with van der Waals surface area (Å²) >= 11 is 0. The molecule has 2 amide bonds. The average Bonchev–Trinajstić information content (AvgIpc) is 3.01. The molecule has 2 aliphatic rings. The lowest BCUT2D eigenvalue weighted by molar-refractivity contribution is -0.0430. The summed E-state index contributed by atoms with van der Waals surface area (Å²) in [5.41, 5.74) is 0. The molecule has 0 radical (unpaired) electrons. The molecule has 1 aliphatic carbocycles. The molecule has 1 aromatic carbocycles. The van der Waals surface area contributed by atoms with Crippen molar-refractivity contribution >= 4 is 6.03 Å². The van der Waals surface area contributed by atoms with Crippen LogP contribution >= 0.6 is 0 Å². The molecule has 3 rings (SSSR count). The SMILES string of the molecule is O=C(NC1CCCC(F)(F)C1)N1CCC[C@H]1COc1ccccc1. The third-order valence-electron chi connectivity index (χ3n) is 4.79. The highest BCUT2D eigenvalue weighted by molar-refractivity contribution is 5.75. The van der Waals surface area contributed by atoms with Gasteiger partial charge in [-0.1, -0.05) is 18.2 Å². The van der Waals surface area contributed by atoms with Crippen molar-refractivity contribution in [2.24, 2.45) is 0 Å². The molecular weight excluding hydrogens is 314 g/mol.